The van der Waals surface area contributed by atoms with Crippen molar-refractivity contribution >= 4 is 16.5 Å². The highest BCUT2D eigenvalue weighted by Gasteiger charge is 2.27. The van der Waals surface area contributed by atoms with Crippen LogP contribution in [0.25, 0.3) is 0 Å². The molecule has 0 saturated carbocycles. The van der Waals surface area contributed by atoms with Gasteiger partial charge in [0.2, 0.25) is 5.13 Å². The maximum Gasteiger partial charge on any atom is 0.291 e. The van der Waals surface area contributed by atoms with Crippen LogP contribution in [0.2, 0.25) is 0 Å². The van der Waals surface area contributed by atoms with E-state index >= 15 is 0 Å². The van der Waals surface area contributed by atoms with Gasteiger partial charge in [-0.25, -0.2) is 8.78 Å². The maximum atomic E-state index is 12.4. The van der Waals surface area contributed by atoms with E-state index in [4.69, 9.17) is 5.73 Å². The van der Waals surface area contributed by atoms with Gasteiger partial charge in [-0.05, 0) is 24.8 Å². The number of anilines is 1. The molecule has 1 fully saturated rings. The first-order chi connectivity index (χ1) is 8.11. The van der Waals surface area contributed by atoms with E-state index in [0.717, 1.165) is 30.8 Å². The zero-order valence-electron chi connectivity index (χ0n) is 9.64. The standard InChI is InChI=1S/C10H16F2N4S/c1-6-2-3-16(5-7(6)4-13)10-15-14-9(17-10)8(11)12/h6-8H,2-5,13H2,1H3. The van der Waals surface area contributed by atoms with Crippen LogP contribution in [-0.4, -0.2) is 29.8 Å². The van der Waals surface area contributed by atoms with E-state index in [9.17, 15) is 8.78 Å². The first-order valence-corrected chi connectivity index (χ1v) is 6.50. The number of hydrogen-bond acceptors (Lipinski definition) is 5. The van der Waals surface area contributed by atoms with Crippen molar-refractivity contribution < 1.29 is 8.78 Å². The van der Waals surface area contributed by atoms with E-state index in [1.807, 2.05) is 4.90 Å². The maximum absolute atomic E-state index is 12.4. The average Bonchev–Trinajstić information content (AvgIpc) is 2.79. The Kier molecular flexibility index (Phi) is 3.88. The zero-order valence-corrected chi connectivity index (χ0v) is 10.5. The van der Waals surface area contributed by atoms with Gasteiger partial charge in [0.05, 0.1) is 0 Å². The van der Waals surface area contributed by atoms with E-state index in [2.05, 4.69) is 17.1 Å². The van der Waals surface area contributed by atoms with Crippen molar-refractivity contribution in [2.24, 2.45) is 17.6 Å². The number of aromatic nitrogens is 2. The SMILES string of the molecule is CC1CCN(c2nnc(C(F)F)s2)CC1CN. The fraction of sp³-hybridized carbons (Fsp3) is 0.800. The minimum absolute atomic E-state index is 0.206. The van der Waals surface area contributed by atoms with Gasteiger partial charge < -0.3 is 10.6 Å². The van der Waals surface area contributed by atoms with E-state index in [0.29, 0.717) is 23.5 Å². The van der Waals surface area contributed by atoms with Gasteiger partial charge in [-0.1, -0.05) is 18.3 Å². The number of rotatable bonds is 3. The van der Waals surface area contributed by atoms with E-state index in [1.54, 1.807) is 0 Å². The van der Waals surface area contributed by atoms with Crippen LogP contribution in [0.15, 0.2) is 0 Å². The Morgan fingerprint density at radius 3 is 2.88 bits per heavy atom. The molecule has 1 saturated heterocycles. The molecule has 0 amide bonds. The summed E-state index contributed by atoms with van der Waals surface area (Å²) in [5.74, 6) is 0.987. The van der Waals surface area contributed by atoms with Gasteiger partial charge in [0.25, 0.3) is 6.43 Å². The third-order valence-corrected chi connectivity index (χ3v) is 4.30. The Hall–Kier alpha value is -0.820. The lowest BCUT2D eigenvalue weighted by atomic mass is 9.87. The van der Waals surface area contributed by atoms with Gasteiger partial charge in [-0.3, -0.25) is 0 Å². The summed E-state index contributed by atoms with van der Waals surface area (Å²) in [5, 5.41) is 7.72. The Bertz CT molecular complexity index is 371. The van der Waals surface area contributed by atoms with E-state index < -0.39 is 6.43 Å². The summed E-state index contributed by atoms with van der Waals surface area (Å²) >= 11 is 0.974. The van der Waals surface area contributed by atoms with Crippen molar-refractivity contribution in [3.8, 4) is 0 Å². The van der Waals surface area contributed by atoms with Crippen LogP contribution in [0.1, 0.15) is 24.8 Å². The lowest BCUT2D eigenvalue weighted by Gasteiger charge is -2.36. The highest BCUT2D eigenvalue weighted by atomic mass is 32.1. The zero-order chi connectivity index (χ0) is 12.4. The Labute approximate surface area is 103 Å². The lowest BCUT2D eigenvalue weighted by molar-refractivity contribution is 0.150. The van der Waals surface area contributed by atoms with Crippen LogP contribution in [0.5, 0.6) is 0 Å². The van der Waals surface area contributed by atoms with E-state index in [-0.39, 0.29) is 5.01 Å². The molecule has 2 heterocycles. The minimum atomic E-state index is -2.53. The molecule has 4 nitrogen and oxygen atoms in total. The predicted molar refractivity (Wildman–Crippen MR) is 63.4 cm³/mol. The lowest BCUT2D eigenvalue weighted by Crippen LogP contribution is -2.42. The van der Waals surface area contributed by atoms with Crippen molar-refractivity contribution in [1.29, 1.82) is 0 Å². The summed E-state index contributed by atoms with van der Waals surface area (Å²) in [6, 6.07) is 0. The van der Waals surface area contributed by atoms with Crippen molar-refractivity contribution in [1.82, 2.24) is 10.2 Å². The van der Waals surface area contributed by atoms with Crippen LogP contribution < -0.4 is 10.6 Å². The molecule has 7 heteroatoms. The molecule has 0 radical (unpaired) electrons. The second kappa shape index (κ2) is 5.22. The van der Waals surface area contributed by atoms with Gasteiger partial charge in [0.1, 0.15) is 0 Å². The number of halogens is 2. The Balaban J connectivity index is 2.06. The topological polar surface area (TPSA) is 55.0 Å². The normalized spacial score (nSPS) is 25.6. The highest BCUT2D eigenvalue weighted by Crippen LogP contribution is 2.31. The molecule has 0 aliphatic carbocycles. The van der Waals surface area contributed by atoms with Gasteiger partial charge in [-0.15, -0.1) is 10.2 Å². The molecule has 17 heavy (non-hydrogen) atoms. The second-order valence-corrected chi connectivity index (χ2v) is 5.42. The average molecular weight is 262 g/mol. The molecule has 0 aromatic carbocycles. The molecular formula is C10H16F2N4S. The summed E-state index contributed by atoms with van der Waals surface area (Å²) in [6.45, 7) is 4.43. The number of nitrogens with two attached hydrogens (primary N) is 1. The van der Waals surface area contributed by atoms with Crippen molar-refractivity contribution in [2.45, 2.75) is 19.8 Å². The summed E-state index contributed by atoms with van der Waals surface area (Å²) in [5.41, 5.74) is 5.71. The van der Waals surface area contributed by atoms with Gasteiger partial charge >= 0.3 is 0 Å². The molecule has 0 bridgehead atoms. The van der Waals surface area contributed by atoms with Gasteiger partial charge in [0.15, 0.2) is 5.01 Å². The molecule has 2 rings (SSSR count). The van der Waals surface area contributed by atoms with E-state index in [1.165, 1.54) is 0 Å². The van der Waals surface area contributed by atoms with Crippen LogP contribution in [0.3, 0.4) is 0 Å². The monoisotopic (exact) mass is 262 g/mol. The second-order valence-electron chi connectivity index (χ2n) is 4.43. The number of alkyl halides is 2. The molecule has 1 aliphatic heterocycles. The fourth-order valence-electron chi connectivity index (χ4n) is 2.07. The molecule has 1 aliphatic rings. The third-order valence-electron chi connectivity index (χ3n) is 3.30. The minimum Gasteiger partial charge on any atom is -0.346 e. The number of hydrogen-bond donors (Lipinski definition) is 1. The molecule has 2 N–H and O–H groups in total. The largest absolute Gasteiger partial charge is 0.346 e. The summed E-state index contributed by atoms with van der Waals surface area (Å²) in [4.78, 5) is 2.01. The molecule has 1 aromatic heterocycles. The molecule has 96 valence electrons. The van der Waals surface area contributed by atoms with Crippen LogP contribution in [0.4, 0.5) is 13.9 Å². The number of piperidine rings is 1. The first-order valence-electron chi connectivity index (χ1n) is 5.68. The highest BCUT2D eigenvalue weighted by molar-refractivity contribution is 7.15. The van der Waals surface area contributed by atoms with Crippen molar-refractivity contribution in [2.75, 3.05) is 24.5 Å². The fourth-order valence-corrected chi connectivity index (χ4v) is 2.81. The van der Waals surface area contributed by atoms with Crippen LogP contribution in [-0.2, 0) is 0 Å². The molecule has 2 unspecified atom stereocenters. The van der Waals surface area contributed by atoms with Crippen molar-refractivity contribution in [3.05, 3.63) is 5.01 Å². The third kappa shape index (κ3) is 2.71. The molecule has 1 aromatic rings. The first kappa shape index (κ1) is 12.6. The smallest absolute Gasteiger partial charge is 0.291 e. The van der Waals surface area contributed by atoms with Crippen LogP contribution >= 0.6 is 11.3 Å². The van der Waals surface area contributed by atoms with Crippen LogP contribution in [0, 0.1) is 11.8 Å². The van der Waals surface area contributed by atoms with Gasteiger partial charge in [0, 0.05) is 13.1 Å². The molecule has 0 spiro atoms. The number of nitrogens with zero attached hydrogens (tertiary/aromatic N) is 3. The Morgan fingerprint density at radius 1 is 1.53 bits per heavy atom. The predicted octanol–water partition coefficient (Wildman–Crippen LogP) is 1.90. The quantitative estimate of drug-likeness (QED) is 0.904. The van der Waals surface area contributed by atoms with Crippen molar-refractivity contribution in [3.63, 3.8) is 0 Å². The molecule has 2 atom stereocenters. The Morgan fingerprint density at radius 2 is 2.29 bits per heavy atom. The summed E-state index contributed by atoms with van der Waals surface area (Å²) < 4.78 is 24.8. The summed E-state index contributed by atoms with van der Waals surface area (Å²) in [7, 11) is 0. The summed E-state index contributed by atoms with van der Waals surface area (Å²) in [6.07, 6.45) is -1.51. The molecular weight excluding hydrogens is 246 g/mol. The van der Waals surface area contributed by atoms with Gasteiger partial charge in [-0.2, -0.15) is 0 Å².